The Morgan fingerprint density at radius 1 is 1.32 bits per heavy atom. The van der Waals surface area contributed by atoms with Crippen LogP contribution in [0.3, 0.4) is 0 Å². The van der Waals surface area contributed by atoms with E-state index >= 15 is 0 Å². The molecule has 100 valence electrons. The van der Waals surface area contributed by atoms with Crippen molar-refractivity contribution >= 4 is 22.8 Å². The second kappa shape index (κ2) is 4.81. The van der Waals surface area contributed by atoms with Gasteiger partial charge in [-0.2, -0.15) is 0 Å². The normalized spacial score (nSPS) is 17.1. The number of fused-ring (bicyclic) bond motifs is 1. The number of nitrogens with zero attached hydrogens (tertiary/aromatic N) is 6. The Hall–Kier alpha value is -2.22. The number of ether oxygens (including phenoxy) is 1. The van der Waals surface area contributed by atoms with Gasteiger partial charge < -0.3 is 15.5 Å². The number of amidine groups is 1. The summed E-state index contributed by atoms with van der Waals surface area (Å²) in [4.78, 5) is 19.1. The molecule has 1 aliphatic heterocycles. The van der Waals surface area contributed by atoms with E-state index in [4.69, 9.17) is 10.6 Å². The number of nitrogens with two attached hydrogens (primary N) is 1. The van der Waals surface area contributed by atoms with Gasteiger partial charge in [0.15, 0.2) is 17.0 Å². The van der Waals surface area contributed by atoms with Gasteiger partial charge in [-0.05, 0) is 6.92 Å². The molecule has 1 fully saturated rings. The van der Waals surface area contributed by atoms with Gasteiger partial charge in [0, 0.05) is 13.1 Å². The monoisotopic (exact) mass is 261 g/mol. The highest BCUT2D eigenvalue weighted by Gasteiger charge is 2.13. The van der Waals surface area contributed by atoms with Crippen LogP contribution in [-0.2, 0) is 4.74 Å². The fourth-order valence-corrected chi connectivity index (χ4v) is 2.03. The molecule has 1 saturated heterocycles. The van der Waals surface area contributed by atoms with Gasteiger partial charge >= 0.3 is 0 Å². The molecule has 1 aliphatic rings. The van der Waals surface area contributed by atoms with Gasteiger partial charge in [0.1, 0.15) is 18.5 Å². The van der Waals surface area contributed by atoms with E-state index in [2.05, 4.69) is 24.8 Å². The average Bonchev–Trinajstić information content (AvgIpc) is 2.83. The lowest BCUT2D eigenvalue weighted by Crippen LogP contribution is -2.39. The molecule has 0 bridgehead atoms. The fourth-order valence-electron chi connectivity index (χ4n) is 2.03. The van der Waals surface area contributed by atoms with Crippen molar-refractivity contribution in [3.63, 3.8) is 0 Å². The maximum atomic E-state index is 5.71. The zero-order valence-corrected chi connectivity index (χ0v) is 10.7. The number of morpholine rings is 1. The number of hydrogen-bond donors (Lipinski definition) is 1. The van der Waals surface area contributed by atoms with Crippen molar-refractivity contribution in [1.82, 2.24) is 24.5 Å². The molecule has 2 aromatic rings. The summed E-state index contributed by atoms with van der Waals surface area (Å²) in [7, 11) is 0. The largest absolute Gasteiger partial charge is 0.378 e. The summed E-state index contributed by atoms with van der Waals surface area (Å²) in [5.74, 6) is 7.15. The van der Waals surface area contributed by atoms with E-state index in [1.165, 1.54) is 17.3 Å². The quantitative estimate of drug-likeness (QED) is 0.438. The van der Waals surface area contributed by atoms with Gasteiger partial charge in [0.2, 0.25) is 0 Å². The van der Waals surface area contributed by atoms with Crippen LogP contribution in [-0.4, -0.2) is 56.7 Å². The summed E-state index contributed by atoms with van der Waals surface area (Å²) in [6.07, 6.45) is 2.95. The van der Waals surface area contributed by atoms with Crippen LogP contribution in [0.4, 0.5) is 5.82 Å². The van der Waals surface area contributed by atoms with E-state index in [9.17, 15) is 0 Å². The summed E-state index contributed by atoms with van der Waals surface area (Å²) in [5.41, 5.74) is 1.18. The first-order valence-corrected chi connectivity index (χ1v) is 6.07. The van der Waals surface area contributed by atoms with Gasteiger partial charge in [-0.15, -0.1) is 0 Å². The fraction of sp³-hybridized carbons (Fsp3) is 0.455. The molecule has 0 aromatic carbocycles. The number of rotatable bonds is 1. The molecule has 0 atom stereocenters. The molecule has 0 aliphatic carbocycles. The number of hydrogen-bond acceptors (Lipinski definition) is 6. The molecule has 0 amide bonds. The SMILES string of the molecule is C/C(=N/c1ncnc2c1ncn2N)N1CCOCC1. The maximum absolute atomic E-state index is 5.71. The van der Waals surface area contributed by atoms with Crippen molar-refractivity contribution < 1.29 is 4.74 Å². The Kier molecular flexibility index (Phi) is 3.00. The molecule has 19 heavy (non-hydrogen) atoms. The molecular formula is C11H15N7O. The van der Waals surface area contributed by atoms with Crippen LogP contribution >= 0.6 is 0 Å². The van der Waals surface area contributed by atoms with Gasteiger partial charge in [-0.1, -0.05) is 0 Å². The minimum atomic E-state index is 0.540. The summed E-state index contributed by atoms with van der Waals surface area (Å²) in [5, 5.41) is 0. The summed E-state index contributed by atoms with van der Waals surface area (Å²) < 4.78 is 6.68. The first-order valence-electron chi connectivity index (χ1n) is 6.07. The highest BCUT2D eigenvalue weighted by atomic mass is 16.5. The molecule has 3 rings (SSSR count). The smallest absolute Gasteiger partial charge is 0.185 e. The highest BCUT2D eigenvalue weighted by Crippen LogP contribution is 2.19. The topological polar surface area (TPSA) is 94.5 Å². The second-order valence-corrected chi connectivity index (χ2v) is 4.28. The molecule has 0 spiro atoms. The average molecular weight is 261 g/mol. The molecule has 2 N–H and O–H groups in total. The molecule has 0 radical (unpaired) electrons. The lowest BCUT2D eigenvalue weighted by Gasteiger charge is -2.28. The minimum Gasteiger partial charge on any atom is -0.378 e. The Morgan fingerprint density at radius 2 is 2.11 bits per heavy atom. The predicted molar refractivity (Wildman–Crippen MR) is 70.6 cm³/mol. The molecule has 3 heterocycles. The molecular weight excluding hydrogens is 246 g/mol. The number of imidazole rings is 1. The van der Waals surface area contributed by atoms with Crippen LogP contribution in [0.25, 0.3) is 11.2 Å². The van der Waals surface area contributed by atoms with Gasteiger partial charge in [0.25, 0.3) is 0 Å². The lowest BCUT2D eigenvalue weighted by atomic mass is 10.4. The van der Waals surface area contributed by atoms with Crippen LogP contribution in [0.1, 0.15) is 6.92 Å². The van der Waals surface area contributed by atoms with Crippen LogP contribution in [0.15, 0.2) is 17.6 Å². The lowest BCUT2D eigenvalue weighted by molar-refractivity contribution is 0.0678. The molecule has 0 unspecified atom stereocenters. The van der Waals surface area contributed by atoms with Crippen molar-refractivity contribution in [2.75, 3.05) is 32.1 Å². The van der Waals surface area contributed by atoms with E-state index in [0.29, 0.717) is 17.0 Å². The highest BCUT2D eigenvalue weighted by molar-refractivity contribution is 5.88. The summed E-state index contributed by atoms with van der Waals surface area (Å²) in [6, 6.07) is 0. The summed E-state index contributed by atoms with van der Waals surface area (Å²) >= 11 is 0. The zero-order valence-electron chi connectivity index (χ0n) is 10.7. The zero-order chi connectivity index (χ0) is 13.2. The van der Waals surface area contributed by atoms with E-state index in [-0.39, 0.29) is 0 Å². The molecule has 2 aromatic heterocycles. The van der Waals surface area contributed by atoms with Gasteiger partial charge in [-0.3, -0.25) is 0 Å². The first-order chi connectivity index (χ1) is 9.25. The minimum absolute atomic E-state index is 0.540. The van der Waals surface area contributed by atoms with Crippen LogP contribution in [0.5, 0.6) is 0 Å². The number of aliphatic imine (C=N–C) groups is 1. The molecule has 8 nitrogen and oxygen atoms in total. The maximum Gasteiger partial charge on any atom is 0.185 e. The van der Waals surface area contributed by atoms with E-state index < -0.39 is 0 Å². The van der Waals surface area contributed by atoms with E-state index in [0.717, 1.165) is 32.1 Å². The second-order valence-electron chi connectivity index (χ2n) is 4.28. The number of aromatic nitrogens is 4. The van der Waals surface area contributed by atoms with Crippen LogP contribution in [0, 0.1) is 0 Å². The van der Waals surface area contributed by atoms with Crippen molar-refractivity contribution in [1.29, 1.82) is 0 Å². The van der Waals surface area contributed by atoms with E-state index in [1.807, 2.05) is 6.92 Å². The first kappa shape index (κ1) is 11.8. The third kappa shape index (κ3) is 2.22. The Labute approximate surface area is 109 Å². The Balaban J connectivity index is 1.95. The molecule has 0 saturated carbocycles. The van der Waals surface area contributed by atoms with Gasteiger partial charge in [0.05, 0.1) is 13.2 Å². The van der Waals surface area contributed by atoms with Crippen molar-refractivity contribution in [3.8, 4) is 0 Å². The van der Waals surface area contributed by atoms with E-state index in [1.54, 1.807) is 0 Å². The predicted octanol–water partition coefficient (Wildman–Crippen LogP) is -0.0778. The number of nitrogen functional groups attached to an aromatic ring is 1. The van der Waals surface area contributed by atoms with Crippen LogP contribution in [0.2, 0.25) is 0 Å². The summed E-state index contributed by atoms with van der Waals surface area (Å²) in [6.45, 7) is 5.09. The Morgan fingerprint density at radius 3 is 2.89 bits per heavy atom. The third-order valence-electron chi connectivity index (χ3n) is 3.08. The van der Waals surface area contributed by atoms with Crippen molar-refractivity contribution in [2.45, 2.75) is 6.92 Å². The standard InChI is InChI=1S/C11H15N7O/c1-8(17-2-4-19-5-3-17)16-10-9-11(14-6-13-10)18(12)7-15-9/h6-7H,2-5,12H2,1H3/b16-8-. The molecule has 8 heteroatoms. The third-order valence-corrected chi connectivity index (χ3v) is 3.08. The van der Waals surface area contributed by atoms with Crippen molar-refractivity contribution in [2.24, 2.45) is 4.99 Å². The van der Waals surface area contributed by atoms with Gasteiger partial charge in [-0.25, -0.2) is 24.6 Å². The van der Waals surface area contributed by atoms with Crippen LogP contribution < -0.4 is 5.84 Å². The Bertz CT molecular complexity index is 615. The van der Waals surface area contributed by atoms with Crippen molar-refractivity contribution in [3.05, 3.63) is 12.7 Å².